The molecule has 0 saturated carbocycles. The van der Waals surface area contributed by atoms with Crippen molar-refractivity contribution in [3.05, 3.63) is 0 Å². The van der Waals surface area contributed by atoms with Crippen molar-refractivity contribution < 1.29 is 17.9 Å². The summed E-state index contributed by atoms with van der Waals surface area (Å²) >= 11 is 0. The third-order valence-corrected chi connectivity index (χ3v) is 2.04. The normalized spacial score (nSPS) is 28.9. The molecule has 1 rings (SSSR count). The van der Waals surface area contributed by atoms with Gasteiger partial charge in [0.15, 0.2) is 0 Å². The Kier molecular flexibility index (Phi) is 2.42. The molecule has 0 aromatic rings. The molecule has 1 saturated heterocycles. The molecule has 4 heteroatoms. The summed E-state index contributed by atoms with van der Waals surface area (Å²) in [7, 11) is 0. The number of alkyl halides is 3. The average Bonchev–Trinajstić information content (AvgIpc) is 2.34. The number of ether oxygens (including phenoxy) is 1. The summed E-state index contributed by atoms with van der Waals surface area (Å²) in [6.07, 6.45) is -3.41. The van der Waals surface area contributed by atoms with Crippen LogP contribution in [0.15, 0.2) is 0 Å². The topological polar surface area (TPSA) is 9.23 Å². The molecule has 1 aliphatic rings. The maximum atomic E-state index is 12.0. The van der Waals surface area contributed by atoms with E-state index in [4.69, 9.17) is 4.74 Å². The van der Waals surface area contributed by atoms with Crippen LogP contribution in [0.5, 0.6) is 0 Å². The van der Waals surface area contributed by atoms with Crippen LogP contribution in [-0.4, -0.2) is 18.9 Å². The molecule has 0 N–H and O–H groups in total. The van der Waals surface area contributed by atoms with Gasteiger partial charge in [0, 0.05) is 6.61 Å². The van der Waals surface area contributed by atoms with E-state index in [-0.39, 0.29) is 0 Å². The highest BCUT2D eigenvalue weighted by Crippen LogP contribution is 2.33. The van der Waals surface area contributed by atoms with Crippen LogP contribution in [0.25, 0.3) is 0 Å². The van der Waals surface area contributed by atoms with Gasteiger partial charge >= 0.3 is 6.18 Å². The lowest BCUT2D eigenvalue weighted by atomic mass is 10.0. The summed E-state index contributed by atoms with van der Waals surface area (Å²) in [5.41, 5.74) is 0. The van der Waals surface area contributed by atoms with E-state index in [2.05, 4.69) is 0 Å². The minimum Gasteiger partial charge on any atom is -0.378 e. The van der Waals surface area contributed by atoms with Gasteiger partial charge in [0.25, 0.3) is 0 Å². The highest BCUT2D eigenvalue weighted by molar-refractivity contribution is 4.76. The third-order valence-electron chi connectivity index (χ3n) is 2.04. The van der Waals surface area contributed by atoms with Gasteiger partial charge in [-0.15, -0.1) is 0 Å². The number of hydrogen-bond donors (Lipinski definition) is 0. The van der Waals surface area contributed by atoms with Crippen molar-refractivity contribution in [2.24, 2.45) is 5.92 Å². The van der Waals surface area contributed by atoms with Gasteiger partial charge in [-0.05, 0) is 12.8 Å². The molecule has 2 atom stereocenters. The number of halogens is 3. The molecule has 0 amide bonds. The Hall–Kier alpha value is -0.250. The van der Waals surface area contributed by atoms with Crippen molar-refractivity contribution in [3.8, 4) is 0 Å². The molecule has 1 heterocycles. The smallest absolute Gasteiger partial charge is 0.378 e. The van der Waals surface area contributed by atoms with Crippen LogP contribution >= 0.6 is 0 Å². The van der Waals surface area contributed by atoms with Gasteiger partial charge in [0.2, 0.25) is 0 Å². The first-order chi connectivity index (χ1) is 5.02. The summed E-state index contributed by atoms with van der Waals surface area (Å²) < 4.78 is 41.0. The molecule has 0 aliphatic carbocycles. The number of rotatable bonds is 1. The fourth-order valence-corrected chi connectivity index (χ4v) is 1.21. The summed E-state index contributed by atoms with van der Waals surface area (Å²) in [6.45, 7) is 1.65. The van der Waals surface area contributed by atoms with Gasteiger partial charge in [-0.3, -0.25) is 0 Å². The zero-order chi connectivity index (χ0) is 8.48. The second-order valence-electron chi connectivity index (χ2n) is 2.88. The summed E-state index contributed by atoms with van der Waals surface area (Å²) in [4.78, 5) is 0. The maximum absolute atomic E-state index is 12.0. The maximum Gasteiger partial charge on any atom is 0.394 e. The summed E-state index contributed by atoms with van der Waals surface area (Å²) in [6, 6.07) is 0. The molecule has 66 valence electrons. The molecule has 11 heavy (non-hydrogen) atoms. The van der Waals surface area contributed by atoms with E-state index in [1.807, 2.05) is 0 Å². The van der Waals surface area contributed by atoms with Crippen LogP contribution in [0.3, 0.4) is 0 Å². The highest BCUT2D eigenvalue weighted by Gasteiger charge is 2.42. The first kappa shape index (κ1) is 8.84. The second kappa shape index (κ2) is 3.01. The van der Waals surface area contributed by atoms with Crippen LogP contribution in [0.2, 0.25) is 0 Å². The molecule has 0 radical (unpaired) electrons. The zero-order valence-electron chi connectivity index (χ0n) is 6.32. The lowest BCUT2D eigenvalue weighted by Crippen LogP contribution is -2.30. The van der Waals surface area contributed by atoms with E-state index >= 15 is 0 Å². The van der Waals surface area contributed by atoms with E-state index in [0.717, 1.165) is 6.42 Å². The molecule has 1 aliphatic heterocycles. The van der Waals surface area contributed by atoms with Crippen LogP contribution in [0.4, 0.5) is 13.2 Å². The van der Waals surface area contributed by atoms with E-state index in [1.54, 1.807) is 0 Å². The lowest BCUT2D eigenvalue weighted by Gasteiger charge is -2.20. The van der Waals surface area contributed by atoms with Crippen molar-refractivity contribution in [1.29, 1.82) is 0 Å². The molecule has 0 aromatic heterocycles. The quantitative estimate of drug-likeness (QED) is 0.584. The zero-order valence-corrected chi connectivity index (χ0v) is 6.32. The van der Waals surface area contributed by atoms with Crippen molar-refractivity contribution in [1.82, 2.24) is 0 Å². The molecular weight excluding hydrogens is 157 g/mol. The van der Waals surface area contributed by atoms with Crippen molar-refractivity contribution in [2.75, 3.05) is 6.61 Å². The fourth-order valence-electron chi connectivity index (χ4n) is 1.21. The molecule has 1 nitrogen and oxygen atoms in total. The Morgan fingerprint density at radius 3 is 2.45 bits per heavy atom. The van der Waals surface area contributed by atoms with Crippen molar-refractivity contribution in [3.63, 3.8) is 0 Å². The van der Waals surface area contributed by atoms with Crippen molar-refractivity contribution in [2.45, 2.75) is 32.0 Å². The minimum atomic E-state index is -4.10. The van der Waals surface area contributed by atoms with E-state index in [9.17, 15) is 13.2 Å². The number of hydrogen-bond acceptors (Lipinski definition) is 1. The second-order valence-corrected chi connectivity index (χ2v) is 2.88. The van der Waals surface area contributed by atoms with Crippen LogP contribution < -0.4 is 0 Å². The third kappa shape index (κ3) is 2.09. The predicted octanol–water partition coefficient (Wildman–Crippen LogP) is 2.36. The lowest BCUT2D eigenvalue weighted by molar-refractivity contribution is -0.195. The molecular formula is C7H11F3O. The molecule has 2 unspecified atom stereocenters. The van der Waals surface area contributed by atoms with Crippen LogP contribution in [0, 0.1) is 5.92 Å². The van der Waals surface area contributed by atoms with Gasteiger partial charge in [0.1, 0.15) is 0 Å². The standard InChI is InChI=1S/C7H11F3O/c1-5(7(8,9)10)6-3-2-4-11-6/h5-6H,2-4H2,1H3. The first-order valence-corrected chi connectivity index (χ1v) is 3.70. The Balaban J connectivity index is 2.46. The van der Waals surface area contributed by atoms with Gasteiger partial charge < -0.3 is 4.74 Å². The van der Waals surface area contributed by atoms with E-state index in [0.29, 0.717) is 13.0 Å². The SMILES string of the molecule is CC(C1CCCO1)C(F)(F)F. The fraction of sp³-hybridized carbons (Fsp3) is 1.00. The first-order valence-electron chi connectivity index (χ1n) is 3.70. The van der Waals surface area contributed by atoms with Gasteiger partial charge in [-0.1, -0.05) is 6.92 Å². The Morgan fingerprint density at radius 1 is 1.45 bits per heavy atom. The van der Waals surface area contributed by atoms with Crippen molar-refractivity contribution >= 4 is 0 Å². The molecule has 0 aromatic carbocycles. The Labute approximate surface area is 63.5 Å². The van der Waals surface area contributed by atoms with Crippen LogP contribution in [0.1, 0.15) is 19.8 Å². The molecule has 0 spiro atoms. The molecule has 0 bridgehead atoms. The minimum absolute atomic E-state index is 0.477. The Morgan fingerprint density at radius 2 is 2.09 bits per heavy atom. The van der Waals surface area contributed by atoms with E-state index in [1.165, 1.54) is 6.92 Å². The van der Waals surface area contributed by atoms with E-state index < -0.39 is 18.2 Å². The van der Waals surface area contributed by atoms with Gasteiger partial charge in [-0.25, -0.2) is 0 Å². The summed E-state index contributed by atoms with van der Waals surface area (Å²) in [5, 5.41) is 0. The monoisotopic (exact) mass is 168 g/mol. The Bertz CT molecular complexity index is 126. The molecule has 1 fully saturated rings. The van der Waals surface area contributed by atoms with Crippen LogP contribution in [-0.2, 0) is 4.74 Å². The van der Waals surface area contributed by atoms with Gasteiger partial charge in [0.05, 0.1) is 12.0 Å². The van der Waals surface area contributed by atoms with Gasteiger partial charge in [-0.2, -0.15) is 13.2 Å². The summed E-state index contributed by atoms with van der Waals surface area (Å²) in [5.74, 6) is -1.31. The average molecular weight is 168 g/mol. The highest BCUT2D eigenvalue weighted by atomic mass is 19.4. The predicted molar refractivity (Wildman–Crippen MR) is 34.2 cm³/mol. The largest absolute Gasteiger partial charge is 0.394 e.